The van der Waals surface area contributed by atoms with E-state index in [4.69, 9.17) is 5.73 Å². The first-order valence-corrected chi connectivity index (χ1v) is 7.90. The second-order valence-electron chi connectivity index (χ2n) is 5.07. The van der Waals surface area contributed by atoms with Crippen LogP contribution in [-0.2, 0) is 0 Å². The molecule has 1 aromatic rings. The molecule has 0 bridgehead atoms. The number of aryl methyl sites for hydroxylation is 2. The van der Waals surface area contributed by atoms with Crippen LogP contribution >= 0.6 is 11.8 Å². The summed E-state index contributed by atoms with van der Waals surface area (Å²) in [6, 6.07) is 4.01. The lowest BCUT2D eigenvalue weighted by Gasteiger charge is -2.26. The van der Waals surface area contributed by atoms with Crippen molar-refractivity contribution in [2.45, 2.75) is 33.2 Å². The molecule has 1 aromatic carbocycles. The van der Waals surface area contributed by atoms with Gasteiger partial charge in [-0.3, -0.25) is 4.79 Å². The number of hydrogen-bond acceptors (Lipinski definition) is 3. The molecule has 0 spiro atoms. The number of carbonyl (C=O) groups excluding carboxylic acids is 1. The van der Waals surface area contributed by atoms with Crippen molar-refractivity contribution in [1.29, 1.82) is 0 Å². The third-order valence-electron chi connectivity index (χ3n) is 3.56. The third-order valence-corrected chi connectivity index (χ3v) is 4.21. The van der Waals surface area contributed by atoms with E-state index < -0.39 is 0 Å². The molecule has 1 amide bonds. The number of amides is 1. The van der Waals surface area contributed by atoms with Gasteiger partial charge in [0.1, 0.15) is 0 Å². The van der Waals surface area contributed by atoms with Gasteiger partial charge in [0.2, 0.25) is 0 Å². The smallest absolute Gasteiger partial charge is 0.254 e. The van der Waals surface area contributed by atoms with Crippen molar-refractivity contribution in [2.24, 2.45) is 0 Å². The van der Waals surface area contributed by atoms with Gasteiger partial charge in [-0.25, -0.2) is 0 Å². The van der Waals surface area contributed by atoms with Crippen molar-refractivity contribution in [3.05, 3.63) is 28.8 Å². The van der Waals surface area contributed by atoms with Crippen LogP contribution in [0.2, 0.25) is 0 Å². The molecule has 0 saturated carbocycles. The highest BCUT2D eigenvalue weighted by atomic mass is 32.2. The molecule has 1 unspecified atom stereocenters. The topological polar surface area (TPSA) is 46.3 Å². The molecule has 0 aliphatic rings. The minimum atomic E-state index is 0.0535. The average molecular weight is 280 g/mol. The summed E-state index contributed by atoms with van der Waals surface area (Å²) in [5.41, 5.74) is 9.31. The molecule has 1 atom stereocenters. The van der Waals surface area contributed by atoms with Gasteiger partial charge in [-0.2, -0.15) is 11.8 Å². The normalized spacial score (nSPS) is 12.3. The Hall–Kier alpha value is -1.16. The van der Waals surface area contributed by atoms with E-state index >= 15 is 0 Å². The van der Waals surface area contributed by atoms with Crippen LogP contribution in [0.15, 0.2) is 12.1 Å². The number of carbonyl (C=O) groups is 1. The van der Waals surface area contributed by atoms with Gasteiger partial charge in [0, 0.05) is 24.3 Å². The molecule has 0 aromatic heterocycles. The van der Waals surface area contributed by atoms with Crippen LogP contribution in [0.5, 0.6) is 0 Å². The number of thioether (sulfide) groups is 1. The molecular weight excluding hydrogens is 256 g/mol. The van der Waals surface area contributed by atoms with Crippen molar-refractivity contribution in [1.82, 2.24) is 4.90 Å². The average Bonchev–Trinajstić information content (AvgIpc) is 2.38. The number of rotatable bonds is 5. The van der Waals surface area contributed by atoms with Crippen LogP contribution in [0.1, 0.15) is 34.8 Å². The van der Waals surface area contributed by atoms with Gasteiger partial charge >= 0.3 is 0 Å². The molecule has 0 fully saturated rings. The van der Waals surface area contributed by atoms with E-state index in [1.165, 1.54) is 0 Å². The summed E-state index contributed by atoms with van der Waals surface area (Å²) < 4.78 is 0. The van der Waals surface area contributed by atoms with Crippen molar-refractivity contribution < 1.29 is 4.79 Å². The predicted molar refractivity (Wildman–Crippen MR) is 84.9 cm³/mol. The van der Waals surface area contributed by atoms with Crippen LogP contribution in [0.3, 0.4) is 0 Å². The molecule has 0 aliphatic carbocycles. The van der Waals surface area contributed by atoms with Crippen LogP contribution in [-0.4, -0.2) is 35.9 Å². The largest absolute Gasteiger partial charge is 0.398 e. The number of nitrogen functional groups attached to an aromatic ring is 1. The van der Waals surface area contributed by atoms with E-state index in [1.54, 1.807) is 17.8 Å². The SMILES string of the molecule is CSCCC(C)N(C)C(=O)c1cc(N)c(C)cc1C. The molecule has 2 N–H and O–H groups in total. The number of nitrogens with two attached hydrogens (primary N) is 1. The number of nitrogens with zero attached hydrogens (tertiary/aromatic N) is 1. The van der Waals surface area contributed by atoms with E-state index in [2.05, 4.69) is 13.2 Å². The van der Waals surface area contributed by atoms with Gasteiger partial charge in [-0.15, -0.1) is 0 Å². The summed E-state index contributed by atoms with van der Waals surface area (Å²) >= 11 is 1.80. The third kappa shape index (κ3) is 3.90. The first-order valence-electron chi connectivity index (χ1n) is 6.51. The van der Waals surface area contributed by atoms with Gasteiger partial charge in [-0.05, 0) is 56.4 Å². The minimum Gasteiger partial charge on any atom is -0.398 e. The molecule has 4 heteroatoms. The van der Waals surface area contributed by atoms with Gasteiger partial charge in [0.05, 0.1) is 0 Å². The highest BCUT2D eigenvalue weighted by molar-refractivity contribution is 7.98. The Kier molecular flexibility index (Phi) is 5.73. The van der Waals surface area contributed by atoms with Crippen molar-refractivity contribution >= 4 is 23.4 Å². The fraction of sp³-hybridized carbons (Fsp3) is 0.533. The monoisotopic (exact) mass is 280 g/mol. The fourth-order valence-electron chi connectivity index (χ4n) is 1.97. The minimum absolute atomic E-state index is 0.0535. The summed E-state index contributed by atoms with van der Waals surface area (Å²) in [5.74, 6) is 1.12. The molecule has 1 rings (SSSR count). The summed E-state index contributed by atoms with van der Waals surface area (Å²) in [5, 5.41) is 0. The summed E-state index contributed by atoms with van der Waals surface area (Å²) in [7, 11) is 1.86. The summed E-state index contributed by atoms with van der Waals surface area (Å²) in [4.78, 5) is 14.3. The van der Waals surface area contributed by atoms with Crippen molar-refractivity contribution in [3.8, 4) is 0 Å². The lowest BCUT2D eigenvalue weighted by molar-refractivity contribution is 0.0740. The van der Waals surface area contributed by atoms with E-state index in [0.29, 0.717) is 11.3 Å². The molecular formula is C15H24N2OS. The Bertz CT molecular complexity index is 460. The standard InChI is InChI=1S/C15H24N2OS/c1-10-8-11(2)14(16)9-13(10)15(18)17(4)12(3)6-7-19-5/h8-9,12H,6-7,16H2,1-5H3. The quantitative estimate of drug-likeness (QED) is 0.843. The number of hydrogen-bond donors (Lipinski definition) is 1. The fourth-order valence-corrected chi connectivity index (χ4v) is 2.55. The second kappa shape index (κ2) is 6.85. The first-order chi connectivity index (χ1) is 8.88. The highest BCUT2D eigenvalue weighted by Gasteiger charge is 2.19. The second-order valence-corrected chi connectivity index (χ2v) is 6.06. The van der Waals surface area contributed by atoms with E-state index in [1.807, 2.05) is 31.9 Å². The first kappa shape index (κ1) is 15.9. The van der Waals surface area contributed by atoms with E-state index in [-0.39, 0.29) is 11.9 Å². The van der Waals surface area contributed by atoms with E-state index in [9.17, 15) is 4.79 Å². The van der Waals surface area contributed by atoms with Gasteiger partial charge in [-0.1, -0.05) is 6.07 Å². The number of benzene rings is 1. The van der Waals surface area contributed by atoms with Gasteiger partial charge < -0.3 is 10.6 Å². The summed E-state index contributed by atoms with van der Waals surface area (Å²) in [6.45, 7) is 6.00. The zero-order chi connectivity index (χ0) is 14.6. The Morgan fingerprint density at radius 3 is 2.58 bits per heavy atom. The molecule has 0 heterocycles. The van der Waals surface area contributed by atoms with Crippen LogP contribution in [0, 0.1) is 13.8 Å². The van der Waals surface area contributed by atoms with Gasteiger partial charge in [0.25, 0.3) is 5.91 Å². The molecule has 106 valence electrons. The van der Waals surface area contributed by atoms with E-state index in [0.717, 1.165) is 23.3 Å². The maximum absolute atomic E-state index is 12.5. The van der Waals surface area contributed by atoms with Crippen molar-refractivity contribution in [3.63, 3.8) is 0 Å². The van der Waals surface area contributed by atoms with Crippen LogP contribution < -0.4 is 5.73 Å². The zero-order valence-corrected chi connectivity index (χ0v) is 13.3. The molecule has 3 nitrogen and oxygen atoms in total. The molecule has 19 heavy (non-hydrogen) atoms. The summed E-state index contributed by atoms with van der Waals surface area (Å²) in [6.07, 6.45) is 3.09. The lowest BCUT2D eigenvalue weighted by atomic mass is 10.0. The molecule has 0 radical (unpaired) electrons. The van der Waals surface area contributed by atoms with Crippen LogP contribution in [0.4, 0.5) is 5.69 Å². The van der Waals surface area contributed by atoms with Crippen molar-refractivity contribution in [2.75, 3.05) is 24.8 Å². The Labute approximate surface area is 120 Å². The Balaban J connectivity index is 2.91. The maximum Gasteiger partial charge on any atom is 0.254 e. The van der Waals surface area contributed by atoms with Gasteiger partial charge in [0.15, 0.2) is 0 Å². The maximum atomic E-state index is 12.5. The molecule has 0 aliphatic heterocycles. The predicted octanol–water partition coefficient (Wildman–Crippen LogP) is 3.10. The Morgan fingerprint density at radius 2 is 2.00 bits per heavy atom. The highest BCUT2D eigenvalue weighted by Crippen LogP contribution is 2.20. The van der Waals surface area contributed by atoms with Crippen LogP contribution in [0.25, 0.3) is 0 Å². The number of anilines is 1. The Morgan fingerprint density at radius 1 is 1.37 bits per heavy atom. The lowest BCUT2D eigenvalue weighted by Crippen LogP contribution is -2.35. The molecule has 0 saturated heterocycles. The zero-order valence-electron chi connectivity index (χ0n) is 12.5.